The Labute approximate surface area is 412 Å². The second-order valence-corrected chi connectivity index (χ2v) is 17.4. The van der Waals surface area contributed by atoms with Gasteiger partial charge in [0.25, 0.3) is 0 Å². The smallest absolute Gasteiger partial charge is 0.306 e. The SMILES string of the molecule is CC/C=C\C/C=C\C/C=C\CCCCCCCC(=O)OC[C@H](COC(=O)CC/C=C\C/C=C\C/C=C\C/C=C\C/C=C\CCCCC)OC(=O)CCCCCCC/C=C\C/C=C\CCCCC. The standard InChI is InChI=1S/C61H98O6/c1-4-7-10-13-16-19-22-25-28-29-30-31-34-36-39-42-45-48-51-54-60(63)66-57-58(67-61(64)55-52-49-46-43-40-37-33-27-24-21-18-15-12-9-6-3)56-65-59(62)53-50-47-44-41-38-35-32-26-23-20-17-14-11-8-5-2/h8,11,16-21,25-28,30-33,36,39,45,48,58H,4-7,9-10,12-15,22-24,29,34-35,37-38,40-44,46-47,49-57H2,1-3H3/b11-8-,19-16-,20-17-,21-18-,28-25-,31-30-,32-26-,33-27-,39-36-,48-45-/t58-/m1/s1. The van der Waals surface area contributed by atoms with Crippen LogP contribution in [0, 0.1) is 0 Å². The molecule has 1 atom stereocenters. The van der Waals surface area contributed by atoms with E-state index in [4.69, 9.17) is 14.2 Å². The minimum absolute atomic E-state index is 0.119. The highest BCUT2D eigenvalue weighted by molar-refractivity contribution is 5.71. The number of allylic oxidation sites excluding steroid dienone is 20. The van der Waals surface area contributed by atoms with E-state index in [9.17, 15) is 14.4 Å². The number of hydrogen-bond acceptors (Lipinski definition) is 6. The van der Waals surface area contributed by atoms with E-state index >= 15 is 0 Å². The van der Waals surface area contributed by atoms with E-state index in [-0.39, 0.29) is 44.0 Å². The molecular formula is C61H98O6. The maximum Gasteiger partial charge on any atom is 0.306 e. The van der Waals surface area contributed by atoms with Crippen molar-refractivity contribution in [1.29, 1.82) is 0 Å². The first kappa shape index (κ1) is 62.8. The molecule has 0 aromatic rings. The van der Waals surface area contributed by atoms with E-state index in [1.54, 1.807) is 0 Å². The van der Waals surface area contributed by atoms with Gasteiger partial charge in [0.05, 0.1) is 0 Å². The molecule has 0 unspecified atom stereocenters. The van der Waals surface area contributed by atoms with Crippen LogP contribution in [-0.4, -0.2) is 37.2 Å². The molecule has 378 valence electrons. The lowest BCUT2D eigenvalue weighted by Crippen LogP contribution is -2.30. The molecule has 6 nitrogen and oxygen atoms in total. The van der Waals surface area contributed by atoms with Gasteiger partial charge >= 0.3 is 17.9 Å². The highest BCUT2D eigenvalue weighted by Crippen LogP contribution is 2.12. The van der Waals surface area contributed by atoms with Crippen LogP contribution in [0.2, 0.25) is 0 Å². The Morgan fingerprint density at radius 2 is 0.612 bits per heavy atom. The number of unbranched alkanes of at least 4 members (excludes halogenated alkanes) is 16. The first-order valence-corrected chi connectivity index (χ1v) is 27.0. The number of esters is 3. The average Bonchev–Trinajstić information content (AvgIpc) is 3.33. The minimum atomic E-state index is -0.826. The lowest BCUT2D eigenvalue weighted by Gasteiger charge is -2.18. The Balaban J connectivity index is 4.57. The third kappa shape index (κ3) is 52.6. The summed E-state index contributed by atoms with van der Waals surface area (Å²) in [7, 11) is 0. The van der Waals surface area contributed by atoms with Crippen molar-refractivity contribution in [1.82, 2.24) is 0 Å². The molecule has 0 aromatic carbocycles. The summed E-state index contributed by atoms with van der Waals surface area (Å²) in [5.41, 5.74) is 0. The zero-order valence-corrected chi connectivity index (χ0v) is 43.1. The molecule has 0 spiro atoms. The predicted octanol–water partition coefficient (Wildman–Crippen LogP) is 18.1. The lowest BCUT2D eigenvalue weighted by molar-refractivity contribution is -0.166. The van der Waals surface area contributed by atoms with Crippen LogP contribution in [0.4, 0.5) is 0 Å². The topological polar surface area (TPSA) is 78.9 Å². The predicted molar refractivity (Wildman–Crippen MR) is 288 cm³/mol. The first-order chi connectivity index (χ1) is 33.0. The van der Waals surface area contributed by atoms with Crippen LogP contribution in [0.1, 0.15) is 226 Å². The number of ether oxygens (including phenoxy) is 3. The van der Waals surface area contributed by atoms with Gasteiger partial charge in [0, 0.05) is 19.3 Å². The molecule has 0 aliphatic rings. The van der Waals surface area contributed by atoms with Gasteiger partial charge < -0.3 is 14.2 Å². The fraction of sp³-hybridized carbons (Fsp3) is 0.623. The molecule has 0 aromatic heterocycles. The molecule has 0 rings (SSSR count). The maximum atomic E-state index is 12.8. The van der Waals surface area contributed by atoms with Gasteiger partial charge in [-0.05, 0) is 122 Å². The Hall–Kier alpha value is -4.19. The van der Waals surface area contributed by atoms with Gasteiger partial charge in [0.15, 0.2) is 6.10 Å². The van der Waals surface area contributed by atoms with Crippen LogP contribution >= 0.6 is 0 Å². The van der Waals surface area contributed by atoms with E-state index < -0.39 is 6.10 Å². The van der Waals surface area contributed by atoms with E-state index in [1.165, 1.54) is 51.4 Å². The summed E-state index contributed by atoms with van der Waals surface area (Å²) in [6.45, 7) is 6.37. The molecule has 6 heteroatoms. The normalized spacial score (nSPS) is 13.1. The molecule has 0 amide bonds. The van der Waals surface area contributed by atoms with E-state index in [1.807, 2.05) is 6.08 Å². The zero-order valence-electron chi connectivity index (χ0n) is 43.1. The minimum Gasteiger partial charge on any atom is -0.462 e. The van der Waals surface area contributed by atoms with Gasteiger partial charge in [-0.1, -0.05) is 206 Å². The molecule has 0 bridgehead atoms. The molecule has 0 heterocycles. The second-order valence-electron chi connectivity index (χ2n) is 17.4. The number of rotatable bonds is 47. The summed E-state index contributed by atoms with van der Waals surface area (Å²) in [4.78, 5) is 38.0. The van der Waals surface area contributed by atoms with E-state index in [0.717, 1.165) is 128 Å². The molecule has 0 saturated heterocycles. The van der Waals surface area contributed by atoms with Crippen molar-refractivity contribution < 1.29 is 28.6 Å². The van der Waals surface area contributed by atoms with Crippen LogP contribution in [0.5, 0.6) is 0 Å². The van der Waals surface area contributed by atoms with Gasteiger partial charge in [-0.15, -0.1) is 0 Å². The second kappa shape index (κ2) is 54.4. The average molecular weight is 927 g/mol. The van der Waals surface area contributed by atoms with Gasteiger partial charge in [-0.2, -0.15) is 0 Å². The highest BCUT2D eigenvalue weighted by Gasteiger charge is 2.19. The Morgan fingerprint density at radius 1 is 0.313 bits per heavy atom. The van der Waals surface area contributed by atoms with Gasteiger partial charge in [0.1, 0.15) is 13.2 Å². The fourth-order valence-corrected chi connectivity index (χ4v) is 6.88. The van der Waals surface area contributed by atoms with Crippen molar-refractivity contribution in [2.45, 2.75) is 232 Å². The maximum absolute atomic E-state index is 12.8. The highest BCUT2D eigenvalue weighted by atomic mass is 16.6. The molecule has 0 aliphatic heterocycles. The lowest BCUT2D eigenvalue weighted by atomic mass is 10.1. The first-order valence-electron chi connectivity index (χ1n) is 27.0. The molecule has 67 heavy (non-hydrogen) atoms. The summed E-state index contributed by atoms with van der Waals surface area (Å²) >= 11 is 0. The van der Waals surface area contributed by atoms with Crippen LogP contribution in [0.15, 0.2) is 122 Å². The monoisotopic (exact) mass is 927 g/mol. The Kier molecular flexibility index (Phi) is 51.0. The van der Waals surface area contributed by atoms with E-state index in [0.29, 0.717) is 12.8 Å². The summed E-state index contributed by atoms with van der Waals surface area (Å²) in [5.74, 6) is -1.04. The van der Waals surface area contributed by atoms with Crippen molar-refractivity contribution in [2.24, 2.45) is 0 Å². The van der Waals surface area contributed by atoms with Gasteiger partial charge in [0.2, 0.25) is 0 Å². The molecule has 0 N–H and O–H groups in total. The quantitative estimate of drug-likeness (QED) is 0.0262. The van der Waals surface area contributed by atoms with Crippen LogP contribution < -0.4 is 0 Å². The van der Waals surface area contributed by atoms with Crippen LogP contribution in [0.3, 0.4) is 0 Å². The summed E-state index contributed by atoms with van der Waals surface area (Å²) in [6, 6.07) is 0. The third-order valence-electron chi connectivity index (χ3n) is 10.9. The largest absolute Gasteiger partial charge is 0.462 e. The van der Waals surface area contributed by atoms with Crippen molar-refractivity contribution in [3.63, 3.8) is 0 Å². The number of carbonyl (C=O) groups is 3. The van der Waals surface area contributed by atoms with Crippen molar-refractivity contribution in [3.05, 3.63) is 122 Å². The zero-order chi connectivity index (χ0) is 48.6. The molecule has 0 saturated carbocycles. The molecule has 0 fully saturated rings. The third-order valence-corrected chi connectivity index (χ3v) is 10.9. The number of carbonyl (C=O) groups excluding carboxylic acids is 3. The summed E-state index contributed by atoms with van der Waals surface area (Å²) < 4.78 is 16.7. The summed E-state index contributed by atoms with van der Waals surface area (Å²) in [5, 5.41) is 0. The van der Waals surface area contributed by atoms with Crippen LogP contribution in [0.25, 0.3) is 0 Å². The fourth-order valence-electron chi connectivity index (χ4n) is 6.88. The van der Waals surface area contributed by atoms with Gasteiger partial charge in [-0.3, -0.25) is 14.4 Å². The Bertz CT molecular complexity index is 1440. The van der Waals surface area contributed by atoms with Gasteiger partial charge in [-0.25, -0.2) is 0 Å². The molecule has 0 aliphatic carbocycles. The molecule has 0 radical (unpaired) electrons. The van der Waals surface area contributed by atoms with Crippen molar-refractivity contribution in [3.8, 4) is 0 Å². The van der Waals surface area contributed by atoms with E-state index in [2.05, 4.69) is 136 Å². The van der Waals surface area contributed by atoms with Crippen molar-refractivity contribution in [2.75, 3.05) is 13.2 Å². The van der Waals surface area contributed by atoms with Crippen LogP contribution in [-0.2, 0) is 28.6 Å². The summed E-state index contributed by atoms with van der Waals surface area (Å²) in [6.07, 6.45) is 74.7. The number of hydrogen-bond donors (Lipinski definition) is 0. The van der Waals surface area contributed by atoms with Crippen molar-refractivity contribution >= 4 is 17.9 Å². The molecular weight excluding hydrogens is 829 g/mol. The Morgan fingerprint density at radius 3 is 1.00 bits per heavy atom.